The van der Waals surface area contributed by atoms with E-state index in [0.717, 1.165) is 19.3 Å². The molecule has 0 aliphatic rings. The van der Waals surface area contributed by atoms with Gasteiger partial charge in [-0.15, -0.1) is 0 Å². The van der Waals surface area contributed by atoms with E-state index >= 15 is 0 Å². The Hall–Kier alpha value is -0.880. The molecule has 0 heterocycles. The average Bonchev–Trinajstić information content (AvgIpc) is 2.34. The number of hydrogen-bond acceptors (Lipinski definition) is 1. The maximum Gasteiger partial charge on any atom is 0.255 e. The third-order valence-electron chi connectivity index (χ3n) is 2.53. The Morgan fingerprint density at radius 2 is 2.00 bits per heavy atom. The van der Waals surface area contributed by atoms with Crippen molar-refractivity contribution in [3.8, 4) is 0 Å². The Morgan fingerprint density at radius 1 is 1.22 bits per heavy atom. The minimum Gasteiger partial charge on any atom is -0.322 e. The molecule has 0 radical (unpaired) electrons. The lowest BCUT2D eigenvalue weighted by molar-refractivity contribution is 0.102. The Bertz CT molecular complexity index is 598. The summed E-state index contributed by atoms with van der Waals surface area (Å²) in [6.45, 7) is 1.98. The molecule has 0 aromatic heterocycles. The number of benzene rings is 2. The monoisotopic (exact) mass is 415 g/mol. The van der Waals surface area contributed by atoms with Gasteiger partial charge in [-0.1, -0.05) is 28.1 Å². The number of hydrogen-bond donors (Lipinski definition) is 1. The van der Waals surface area contributed by atoms with E-state index in [0.29, 0.717) is 5.56 Å². The van der Waals surface area contributed by atoms with E-state index in [4.69, 9.17) is 0 Å². The summed E-state index contributed by atoms with van der Waals surface area (Å²) in [6.07, 6.45) is 0. The molecule has 0 saturated carbocycles. The highest BCUT2D eigenvalue weighted by molar-refractivity contribution is 14.1. The van der Waals surface area contributed by atoms with Crippen LogP contribution in [-0.4, -0.2) is 5.91 Å². The van der Waals surface area contributed by atoms with Crippen molar-refractivity contribution in [2.75, 3.05) is 5.32 Å². The lowest BCUT2D eigenvalue weighted by atomic mass is 10.1. The molecule has 18 heavy (non-hydrogen) atoms. The van der Waals surface area contributed by atoms with Gasteiger partial charge in [0.2, 0.25) is 0 Å². The lowest BCUT2D eigenvalue weighted by Crippen LogP contribution is -2.12. The van der Waals surface area contributed by atoms with Crippen molar-refractivity contribution in [3.63, 3.8) is 0 Å². The third-order valence-corrected chi connectivity index (χ3v) is 3.70. The zero-order chi connectivity index (χ0) is 13.1. The molecule has 92 valence electrons. The van der Waals surface area contributed by atoms with E-state index in [1.165, 1.54) is 0 Å². The second kappa shape index (κ2) is 5.84. The maximum atomic E-state index is 12.1. The van der Waals surface area contributed by atoms with E-state index in [-0.39, 0.29) is 5.91 Å². The van der Waals surface area contributed by atoms with E-state index in [2.05, 4.69) is 43.8 Å². The standard InChI is InChI=1S/C14H11BrINO/c1-9-5-6-12(16)8-13(9)17-14(18)10-3-2-4-11(15)7-10/h2-8H,1H3,(H,17,18). The number of amides is 1. The topological polar surface area (TPSA) is 29.1 Å². The van der Waals surface area contributed by atoms with Gasteiger partial charge in [0.05, 0.1) is 0 Å². The Balaban J connectivity index is 2.24. The summed E-state index contributed by atoms with van der Waals surface area (Å²) in [5.41, 5.74) is 2.55. The smallest absolute Gasteiger partial charge is 0.255 e. The van der Waals surface area contributed by atoms with Crippen LogP contribution in [0.4, 0.5) is 5.69 Å². The highest BCUT2D eigenvalue weighted by atomic mass is 127. The molecule has 2 nitrogen and oxygen atoms in total. The summed E-state index contributed by atoms with van der Waals surface area (Å²) in [6, 6.07) is 13.3. The van der Waals surface area contributed by atoms with Crippen molar-refractivity contribution in [3.05, 3.63) is 61.6 Å². The van der Waals surface area contributed by atoms with Gasteiger partial charge in [0.15, 0.2) is 0 Å². The highest BCUT2D eigenvalue weighted by Crippen LogP contribution is 2.19. The Kier molecular flexibility index (Phi) is 4.40. The van der Waals surface area contributed by atoms with Crippen LogP contribution in [-0.2, 0) is 0 Å². The van der Waals surface area contributed by atoms with Crippen LogP contribution < -0.4 is 5.32 Å². The number of nitrogens with one attached hydrogen (secondary N) is 1. The molecule has 0 spiro atoms. The summed E-state index contributed by atoms with van der Waals surface area (Å²) in [5.74, 6) is -0.0959. The second-order valence-corrected chi connectivity index (χ2v) is 6.09. The predicted molar refractivity (Wildman–Crippen MR) is 86.0 cm³/mol. The molecule has 0 atom stereocenters. The second-order valence-electron chi connectivity index (χ2n) is 3.92. The summed E-state index contributed by atoms with van der Waals surface area (Å²) in [7, 11) is 0. The van der Waals surface area contributed by atoms with Crippen LogP contribution in [0.15, 0.2) is 46.9 Å². The van der Waals surface area contributed by atoms with Crippen molar-refractivity contribution < 1.29 is 4.79 Å². The molecule has 0 unspecified atom stereocenters. The number of carbonyl (C=O) groups is 1. The molecule has 2 aromatic carbocycles. The molecule has 0 fully saturated rings. The minimum absolute atomic E-state index is 0.0959. The van der Waals surface area contributed by atoms with Crippen molar-refractivity contribution in [2.24, 2.45) is 0 Å². The van der Waals surface area contributed by atoms with Gasteiger partial charge in [0, 0.05) is 19.3 Å². The normalized spacial score (nSPS) is 10.2. The van der Waals surface area contributed by atoms with E-state index < -0.39 is 0 Å². The fourth-order valence-corrected chi connectivity index (χ4v) is 2.44. The van der Waals surface area contributed by atoms with Gasteiger partial charge < -0.3 is 5.32 Å². The molecule has 0 aliphatic carbocycles. The predicted octanol–water partition coefficient (Wildman–Crippen LogP) is 4.61. The molecule has 1 N–H and O–H groups in total. The zero-order valence-electron chi connectivity index (χ0n) is 9.71. The Labute approximate surface area is 128 Å². The number of aryl methyl sites for hydroxylation is 1. The molecule has 0 saturated heterocycles. The zero-order valence-corrected chi connectivity index (χ0v) is 13.4. The SMILES string of the molecule is Cc1ccc(I)cc1NC(=O)c1cccc(Br)c1. The summed E-state index contributed by atoms with van der Waals surface area (Å²) < 4.78 is 2.00. The van der Waals surface area contributed by atoms with Crippen LogP contribution in [0.5, 0.6) is 0 Å². The van der Waals surface area contributed by atoms with Gasteiger partial charge in [-0.05, 0) is 65.4 Å². The number of anilines is 1. The first-order valence-electron chi connectivity index (χ1n) is 5.39. The van der Waals surface area contributed by atoms with Gasteiger partial charge in [-0.25, -0.2) is 0 Å². The quantitative estimate of drug-likeness (QED) is 0.712. The first-order chi connectivity index (χ1) is 8.56. The van der Waals surface area contributed by atoms with Crippen molar-refractivity contribution in [1.82, 2.24) is 0 Å². The van der Waals surface area contributed by atoms with E-state index in [9.17, 15) is 4.79 Å². The molecule has 1 amide bonds. The first kappa shape index (κ1) is 13.5. The molecule has 0 bridgehead atoms. The van der Waals surface area contributed by atoms with Gasteiger partial charge >= 0.3 is 0 Å². The van der Waals surface area contributed by atoms with Gasteiger partial charge in [-0.3, -0.25) is 4.79 Å². The van der Waals surface area contributed by atoms with Gasteiger partial charge in [-0.2, -0.15) is 0 Å². The van der Waals surface area contributed by atoms with Crippen LogP contribution in [0.1, 0.15) is 15.9 Å². The summed E-state index contributed by atoms with van der Waals surface area (Å²) >= 11 is 5.59. The van der Waals surface area contributed by atoms with Crippen molar-refractivity contribution >= 4 is 50.1 Å². The van der Waals surface area contributed by atoms with Crippen LogP contribution in [0.25, 0.3) is 0 Å². The minimum atomic E-state index is -0.0959. The Morgan fingerprint density at radius 3 is 2.72 bits per heavy atom. The lowest BCUT2D eigenvalue weighted by Gasteiger charge is -2.09. The first-order valence-corrected chi connectivity index (χ1v) is 7.26. The van der Waals surface area contributed by atoms with Crippen LogP contribution >= 0.6 is 38.5 Å². The highest BCUT2D eigenvalue weighted by Gasteiger charge is 2.08. The molecule has 0 aliphatic heterocycles. The summed E-state index contributed by atoms with van der Waals surface area (Å²) in [4.78, 5) is 12.1. The van der Waals surface area contributed by atoms with Crippen LogP contribution in [0.3, 0.4) is 0 Å². The largest absolute Gasteiger partial charge is 0.322 e. The van der Waals surface area contributed by atoms with Crippen molar-refractivity contribution in [1.29, 1.82) is 0 Å². The van der Waals surface area contributed by atoms with E-state index in [1.807, 2.05) is 37.3 Å². The van der Waals surface area contributed by atoms with Crippen LogP contribution in [0, 0.1) is 10.5 Å². The number of halogens is 2. The fraction of sp³-hybridized carbons (Fsp3) is 0.0714. The number of carbonyl (C=O) groups excluding carboxylic acids is 1. The van der Waals surface area contributed by atoms with Gasteiger partial charge in [0.1, 0.15) is 0 Å². The maximum absolute atomic E-state index is 12.1. The van der Waals surface area contributed by atoms with Crippen molar-refractivity contribution in [2.45, 2.75) is 6.92 Å². The molecule has 4 heteroatoms. The van der Waals surface area contributed by atoms with Crippen LogP contribution in [0.2, 0.25) is 0 Å². The molecule has 2 aromatic rings. The molecular formula is C14H11BrINO. The van der Waals surface area contributed by atoms with Gasteiger partial charge in [0.25, 0.3) is 5.91 Å². The van der Waals surface area contributed by atoms with E-state index in [1.54, 1.807) is 12.1 Å². The third kappa shape index (κ3) is 3.32. The fourth-order valence-electron chi connectivity index (χ4n) is 1.55. The summed E-state index contributed by atoms with van der Waals surface area (Å²) in [5, 5.41) is 2.93. The molecular weight excluding hydrogens is 405 g/mol. The average molecular weight is 416 g/mol. The molecule has 2 rings (SSSR count). The number of rotatable bonds is 2.